The molecule has 8 nitrogen and oxygen atoms in total. The third-order valence-electron chi connectivity index (χ3n) is 5.99. The molecule has 13 heteroatoms. The van der Waals surface area contributed by atoms with Gasteiger partial charge >= 0.3 is 24.0 Å². The summed E-state index contributed by atoms with van der Waals surface area (Å²) in [6.45, 7) is -0.312. The van der Waals surface area contributed by atoms with Crippen LogP contribution in [-0.2, 0) is 16.0 Å². The number of nitrogens with two attached hydrogens (primary N) is 2. The van der Waals surface area contributed by atoms with Crippen LogP contribution < -0.4 is 25.7 Å². The lowest BCUT2D eigenvalue weighted by atomic mass is 10.1. The molecule has 4 N–H and O–H groups in total. The summed E-state index contributed by atoms with van der Waals surface area (Å²) in [6.07, 6.45) is -4.44. The molecule has 3 aromatic rings. The van der Waals surface area contributed by atoms with Crippen molar-refractivity contribution in [2.45, 2.75) is 31.4 Å². The summed E-state index contributed by atoms with van der Waals surface area (Å²) in [5.74, 6) is -5.81. The standard InChI is InChI=1S/C30H29F5N2O6/c1-40-26-18-21(6-11-25(26)41-15-2-14-29(31,32)30(33,34)35)28(39)43-23-8-3-19(4-9-23)5-12-27(38)42-16-13-20-17-22(36)7-10-24(20)37/h3-12,17-18H,2,13-16,36-37H2,1H3/b12-5+. The van der Waals surface area contributed by atoms with Crippen molar-refractivity contribution in [3.8, 4) is 17.2 Å². The molecule has 230 valence electrons. The van der Waals surface area contributed by atoms with E-state index in [1.165, 1.54) is 49.6 Å². The summed E-state index contributed by atoms with van der Waals surface area (Å²) in [6, 6.07) is 15.3. The Morgan fingerprint density at radius 3 is 2.28 bits per heavy atom. The minimum atomic E-state index is -5.63. The fourth-order valence-corrected chi connectivity index (χ4v) is 3.66. The SMILES string of the molecule is COc1cc(C(=O)Oc2ccc(/C=C/C(=O)OCCc3cc(N)ccc3N)cc2)ccc1OCCCC(F)(F)C(F)(F)F. The van der Waals surface area contributed by atoms with Crippen molar-refractivity contribution in [3.05, 3.63) is 83.4 Å². The van der Waals surface area contributed by atoms with Crippen LogP contribution in [0.5, 0.6) is 17.2 Å². The topological polar surface area (TPSA) is 123 Å². The number of hydrogen-bond donors (Lipinski definition) is 2. The molecule has 0 fully saturated rings. The number of methoxy groups -OCH3 is 1. The van der Waals surface area contributed by atoms with Gasteiger partial charge in [-0.2, -0.15) is 22.0 Å². The lowest BCUT2D eigenvalue weighted by molar-refractivity contribution is -0.284. The fourth-order valence-electron chi connectivity index (χ4n) is 3.66. The van der Waals surface area contributed by atoms with Crippen molar-refractivity contribution in [1.82, 2.24) is 0 Å². The number of anilines is 2. The number of alkyl halides is 5. The lowest BCUT2D eigenvalue weighted by Gasteiger charge is -2.19. The number of benzene rings is 3. The van der Waals surface area contributed by atoms with E-state index in [-0.39, 0.29) is 29.4 Å². The van der Waals surface area contributed by atoms with Gasteiger partial charge in [-0.3, -0.25) is 0 Å². The zero-order valence-electron chi connectivity index (χ0n) is 23.0. The molecule has 3 aromatic carbocycles. The van der Waals surface area contributed by atoms with Gasteiger partial charge in [0.2, 0.25) is 0 Å². The van der Waals surface area contributed by atoms with Crippen molar-refractivity contribution in [3.63, 3.8) is 0 Å². The average molecular weight is 609 g/mol. The maximum absolute atomic E-state index is 13.0. The molecule has 0 atom stereocenters. The summed E-state index contributed by atoms with van der Waals surface area (Å²) < 4.78 is 83.9. The monoisotopic (exact) mass is 608 g/mol. The van der Waals surface area contributed by atoms with Gasteiger partial charge in [-0.1, -0.05) is 12.1 Å². The Kier molecular flexibility index (Phi) is 10.9. The number of ether oxygens (including phenoxy) is 4. The first-order chi connectivity index (χ1) is 20.3. The van der Waals surface area contributed by atoms with E-state index in [2.05, 4.69) is 0 Å². The molecule has 3 rings (SSSR count). The molecule has 0 saturated carbocycles. The highest BCUT2D eigenvalue weighted by atomic mass is 19.4. The molecule has 0 aliphatic heterocycles. The Labute approximate surface area is 244 Å². The molecule has 0 spiro atoms. The summed E-state index contributed by atoms with van der Waals surface area (Å²) in [5, 5.41) is 0. The van der Waals surface area contributed by atoms with Gasteiger partial charge in [0, 0.05) is 30.3 Å². The van der Waals surface area contributed by atoms with Gasteiger partial charge < -0.3 is 30.4 Å². The normalized spacial score (nSPS) is 11.8. The highest BCUT2D eigenvalue weighted by Crippen LogP contribution is 2.39. The summed E-state index contributed by atoms with van der Waals surface area (Å²) in [7, 11) is 1.27. The molecule has 0 radical (unpaired) electrons. The van der Waals surface area contributed by atoms with Crippen molar-refractivity contribution in [1.29, 1.82) is 0 Å². The lowest BCUT2D eigenvalue weighted by Crippen LogP contribution is -2.36. The highest BCUT2D eigenvalue weighted by Gasteiger charge is 2.56. The second kappa shape index (κ2) is 14.4. The van der Waals surface area contributed by atoms with E-state index in [1.807, 2.05) is 0 Å². The predicted molar refractivity (Wildman–Crippen MR) is 149 cm³/mol. The van der Waals surface area contributed by atoms with Crippen molar-refractivity contribution in [2.75, 3.05) is 31.8 Å². The van der Waals surface area contributed by atoms with Crippen LogP contribution in [0.25, 0.3) is 6.08 Å². The van der Waals surface area contributed by atoms with Gasteiger partial charge in [-0.15, -0.1) is 0 Å². The van der Waals surface area contributed by atoms with E-state index in [9.17, 15) is 31.5 Å². The van der Waals surface area contributed by atoms with Crippen LogP contribution in [0.15, 0.2) is 66.7 Å². The summed E-state index contributed by atoms with van der Waals surface area (Å²) in [5.41, 5.74) is 14.2. The molecule has 0 bridgehead atoms. The van der Waals surface area contributed by atoms with Crippen molar-refractivity contribution < 1.29 is 50.5 Å². The fraction of sp³-hybridized carbons (Fsp3) is 0.267. The number of carbonyl (C=O) groups excluding carboxylic acids is 2. The first kappa shape index (κ1) is 32.7. The molecular weight excluding hydrogens is 579 g/mol. The van der Waals surface area contributed by atoms with E-state index in [0.29, 0.717) is 23.4 Å². The maximum Gasteiger partial charge on any atom is 0.453 e. The molecule has 0 unspecified atom stereocenters. The van der Waals surface area contributed by atoms with Crippen molar-refractivity contribution in [2.24, 2.45) is 0 Å². The second-order valence-electron chi connectivity index (χ2n) is 9.19. The van der Waals surface area contributed by atoms with E-state index >= 15 is 0 Å². The van der Waals surface area contributed by atoms with Gasteiger partial charge in [0.05, 0.1) is 25.9 Å². The Morgan fingerprint density at radius 1 is 0.884 bits per heavy atom. The van der Waals surface area contributed by atoms with Crippen LogP contribution in [0.3, 0.4) is 0 Å². The van der Waals surface area contributed by atoms with Gasteiger partial charge in [-0.05, 0) is 72.2 Å². The minimum absolute atomic E-state index is 0.0536. The van der Waals surface area contributed by atoms with Gasteiger partial charge in [0.15, 0.2) is 11.5 Å². The first-order valence-electron chi connectivity index (χ1n) is 12.9. The van der Waals surface area contributed by atoms with Crippen LogP contribution in [-0.4, -0.2) is 44.4 Å². The van der Waals surface area contributed by atoms with Gasteiger partial charge in [-0.25, -0.2) is 9.59 Å². The van der Waals surface area contributed by atoms with Crippen LogP contribution in [0.1, 0.15) is 34.3 Å². The number of halogens is 5. The highest BCUT2D eigenvalue weighted by molar-refractivity contribution is 5.92. The van der Waals surface area contributed by atoms with Crippen LogP contribution in [0, 0.1) is 0 Å². The molecule has 0 aromatic heterocycles. The third kappa shape index (κ3) is 9.62. The average Bonchev–Trinajstić information content (AvgIpc) is 2.96. The number of carbonyl (C=O) groups is 2. The third-order valence-corrected chi connectivity index (χ3v) is 5.99. The van der Waals surface area contributed by atoms with Crippen LogP contribution >= 0.6 is 0 Å². The molecule has 0 heterocycles. The first-order valence-corrected chi connectivity index (χ1v) is 12.9. The Balaban J connectivity index is 1.49. The Bertz CT molecular complexity index is 1440. The largest absolute Gasteiger partial charge is 0.493 e. The number of nitrogen functional groups attached to an aromatic ring is 2. The summed E-state index contributed by atoms with van der Waals surface area (Å²) >= 11 is 0. The maximum atomic E-state index is 13.0. The zero-order chi connectivity index (χ0) is 31.6. The molecular formula is C30H29F5N2O6. The molecule has 43 heavy (non-hydrogen) atoms. The van der Waals surface area contributed by atoms with E-state index in [4.69, 9.17) is 30.4 Å². The van der Waals surface area contributed by atoms with Gasteiger partial charge in [0.25, 0.3) is 0 Å². The summed E-state index contributed by atoms with van der Waals surface area (Å²) in [4.78, 5) is 24.6. The number of esters is 2. The quantitative estimate of drug-likeness (QED) is 0.0585. The number of rotatable bonds is 13. The van der Waals surface area contributed by atoms with Crippen molar-refractivity contribution >= 4 is 29.4 Å². The van der Waals surface area contributed by atoms with E-state index in [0.717, 1.165) is 5.56 Å². The molecule has 0 aliphatic carbocycles. The smallest absolute Gasteiger partial charge is 0.453 e. The Morgan fingerprint density at radius 2 is 1.60 bits per heavy atom. The minimum Gasteiger partial charge on any atom is -0.493 e. The number of hydrogen-bond acceptors (Lipinski definition) is 8. The van der Waals surface area contributed by atoms with Crippen LogP contribution in [0.2, 0.25) is 0 Å². The zero-order valence-corrected chi connectivity index (χ0v) is 23.0. The predicted octanol–water partition coefficient (Wildman–Crippen LogP) is 6.23. The molecule has 0 aliphatic rings. The van der Waals surface area contributed by atoms with E-state index < -0.39 is 43.5 Å². The van der Waals surface area contributed by atoms with Gasteiger partial charge in [0.1, 0.15) is 5.75 Å². The van der Waals surface area contributed by atoms with Crippen LogP contribution in [0.4, 0.5) is 33.3 Å². The Hall–Kier alpha value is -4.81. The molecule has 0 saturated heterocycles. The van der Waals surface area contributed by atoms with E-state index in [1.54, 1.807) is 30.3 Å². The molecule has 0 amide bonds. The second-order valence-corrected chi connectivity index (χ2v) is 9.19.